The fraction of sp³-hybridized carbons (Fsp3) is 0.231. The molecule has 0 atom stereocenters. The lowest BCUT2D eigenvalue weighted by Gasteiger charge is -2.09. The molecule has 3 rings (SSSR count). The summed E-state index contributed by atoms with van der Waals surface area (Å²) in [6.45, 7) is 0. The summed E-state index contributed by atoms with van der Waals surface area (Å²) in [7, 11) is 0. The molecule has 0 radical (unpaired) electrons. The van der Waals surface area contributed by atoms with E-state index in [0.717, 1.165) is 18.5 Å². The molecule has 98 valence electrons. The average Bonchev–Trinajstić information content (AvgIpc) is 2.94. The number of H-pyrrole nitrogens is 1. The summed E-state index contributed by atoms with van der Waals surface area (Å²) in [6, 6.07) is 7.48. The number of hydrogen-bond donors (Lipinski definition) is 3. The molecular formula is C13H14N4OS. The maximum absolute atomic E-state index is 11.6. The summed E-state index contributed by atoms with van der Waals surface area (Å²) in [6.07, 6.45) is 3.45. The molecule has 0 saturated carbocycles. The van der Waals surface area contributed by atoms with Crippen LogP contribution >= 0.6 is 12.2 Å². The van der Waals surface area contributed by atoms with E-state index in [2.05, 4.69) is 22.5 Å². The second-order valence-corrected chi connectivity index (χ2v) is 5.04. The molecule has 4 N–H and O–H groups in total. The standard InChI is InChI=1S/C13H14N4OS/c14-11-7-12(18)17(16-11)13(19)15-10-5-4-8-2-1-3-9(8)6-10/h4-7,16H,1-3,14H2,(H,15,19). The van der Waals surface area contributed by atoms with E-state index in [9.17, 15) is 4.79 Å². The lowest BCUT2D eigenvalue weighted by Crippen LogP contribution is -2.29. The van der Waals surface area contributed by atoms with Crippen molar-refractivity contribution in [1.29, 1.82) is 0 Å². The highest BCUT2D eigenvalue weighted by molar-refractivity contribution is 7.80. The van der Waals surface area contributed by atoms with Crippen molar-refractivity contribution < 1.29 is 0 Å². The average molecular weight is 274 g/mol. The van der Waals surface area contributed by atoms with Gasteiger partial charge in [0.15, 0.2) is 5.11 Å². The van der Waals surface area contributed by atoms with E-state index in [1.54, 1.807) is 0 Å². The Kier molecular flexibility index (Phi) is 2.87. The lowest BCUT2D eigenvalue weighted by molar-refractivity contribution is 0.911. The number of benzene rings is 1. The summed E-state index contributed by atoms with van der Waals surface area (Å²) < 4.78 is 1.22. The third-order valence-corrected chi connectivity index (χ3v) is 3.58. The highest BCUT2D eigenvalue weighted by Gasteiger charge is 2.12. The van der Waals surface area contributed by atoms with Crippen molar-refractivity contribution in [3.8, 4) is 0 Å². The molecule has 0 saturated heterocycles. The first kappa shape index (κ1) is 12.0. The summed E-state index contributed by atoms with van der Waals surface area (Å²) >= 11 is 5.20. The van der Waals surface area contributed by atoms with Gasteiger partial charge >= 0.3 is 0 Å². The van der Waals surface area contributed by atoms with Gasteiger partial charge in [-0.3, -0.25) is 9.89 Å². The number of nitrogens with two attached hydrogens (primary N) is 1. The van der Waals surface area contributed by atoms with Gasteiger partial charge < -0.3 is 11.1 Å². The number of thiocarbonyl (C=S) groups is 1. The van der Waals surface area contributed by atoms with Crippen LogP contribution in [0.25, 0.3) is 0 Å². The van der Waals surface area contributed by atoms with Crippen molar-refractivity contribution in [1.82, 2.24) is 9.78 Å². The number of aryl methyl sites for hydroxylation is 2. The summed E-state index contributed by atoms with van der Waals surface area (Å²) in [4.78, 5) is 11.6. The van der Waals surface area contributed by atoms with Gasteiger partial charge in [-0.15, -0.1) is 0 Å². The molecule has 0 unspecified atom stereocenters. The Hall–Kier alpha value is -2.08. The molecule has 1 heterocycles. The van der Waals surface area contributed by atoms with E-state index in [-0.39, 0.29) is 5.56 Å². The fourth-order valence-electron chi connectivity index (χ4n) is 2.39. The Bertz CT molecular complexity index is 701. The fourth-order valence-corrected chi connectivity index (χ4v) is 2.65. The highest BCUT2D eigenvalue weighted by Crippen LogP contribution is 2.24. The van der Waals surface area contributed by atoms with Crippen LogP contribution in [0, 0.1) is 0 Å². The van der Waals surface area contributed by atoms with E-state index in [1.807, 2.05) is 6.07 Å². The maximum atomic E-state index is 11.6. The van der Waals surface area contributed by atoms with Crippen LogP contribution in [0.5, 0.6) is 0 Å². The van der Waals surface area contributed by atoms with Crippen molar-refractivity contribution in [3.05, 3.63) is 45.7 Å². The minimum absolute atomic E-state index is 0.267. The Labute approximate surface area is 115 Å². The molecule has 1 aliphatic carbocycles. The Morgan fingerprint density at radius 3 is 2.84 bits per heavy atom. The smallest absolute Gasteiger partial charge is 0.275 e. The molecular weight excluding hydrogens is 260 g/mol. The Morgan fingerprint density at radius 2 is 2.11 bits per heavy atom. The van der Waals surface area contributed by atoms with Crippen LogP contribution in [0.1, 0.15) is 17.5 Å². The molecule has 0 amide bonds. The number of aromatic nitrogens is 2. The van der Waals surface area contributed by atoms with Gasteiger partial charge in [-0.2, -0.15) is 4.68 Å². The largest absolute Gasteiger partial charge is 0.384 e. The third-order valence-electron chi connectivity index (χ3n) is 3.29. The minimum Gasteiger partial charge on any atom is -0.384 e. The zero-order valence-electron chi connectivity index (χ0n) is 10.3. The summed E-state index contributed by atoms with van der Waals surface area (Å²) in [5.74, 6) is 0.295. The SMILES string of the molecule is Nc1cc(=O)n(C(=S)Nc2ccc3c(c2)CCC3)[nH]1. The molecule has 2 aromatic rings. The van der Waals surface area contributed by atoms with Crippen LogP contribution in [-0.2, 0) is 12.8 Å². The van der Waals surface area contributed by atoms with Gasteiger partial charge in [0.1, 0.15) is 5.82 Å². The van der Waals surface area contributed by atoms with Crippen molar-refractivity contribution >= 4 is 28.8 Å². The number of rotatable bonds is 1. The van der Waals surface area contributed by atoms with E-state index < -0.39 is 0 Å². The van der Waals surface area contributed by atoms with Crippen LogP contribution < -0.4 is 16.6 Å². The normalized spacial score (nSPS) is 13.3. The van der Waals surface area contributed by atoms with Crippen LogP contribution in [0.4, 0.5) is 11.5 Å². The molecule has 1 aromatic heterocycles. The van der Waals surface area contributed by atoms with Gasteiger partial charge in [-0.1, -0.05) is 6.07 Å². The minimum atomic E-state index is -0.267. The number of nitrogens with one attached hydrogen (secondary N) is 2. The number of hydrogen-bond acceptors (Lipinski definition) is 3. The van der Waals surface area contributed by atoms with Crippen LogP contribution in [0.3, 0.4) is 0 Å². The van der Waals surface area contributed by atoms with Crippen LogP contribution in [0.15, 0.2) is 29.1 Å². The topological polar surface area (TPSA) is 75.8 Å². The Morgan fingerprint density at radius 1 is 1.32 bits per heavy atom. The zero-order valence-corrected chi connectivity index (χ0v) is 11.1. The number of aromatic amines is 1. The van der Waals surface area contributed by atoms with E-state index in [4.69, 9.17) is 18.0 Å². The van der Waals surface area contributed by atoms with Gasteiger partial charge in [-0.25, -0.2) is 0 Å². The predicted molar refractivity (Wildman–Crippen MR) is 79.6 cm³/mol. The maximum Gasteiger partial charge on any atom is 0.275 e. The number of anilines is 2. The molecule has 0 spiro atoms. The van der Waals surface area contributed by atoms with Crippen molar-refractivity contribution in [2.75, 3.05) is 11.1 Å². The molecule has 0 fully saturated rings. The van der Waals surface area contributed by atoms with Gasteiger partial charge in [0.2, 0.25) is 0 Å². The van der Waals surface area contributed by atoms with Crippen molar-refractivity contribution in [3.63, 3.8) is 0 Å². The van der Waals surface area contributed by atoms with Gasteiger partial charge in [-0.05, 0) is 54.7 Å². The van der Waals surface area contributed by atoms with Crippen molar-refractivity contribution in [2.45, 2.75) is 19.3 Å². The quantitative estimate of drug-likeness (QED) is 0.689. The lowest BCUT2D eigenvalue weighted by atomic mass is 10.1. The zero-order chi connectivity index (χ0) is 13.4. The van der Waals surface area contributed by atoms with E-state index in [0.29, 0.717) is 10.9 Å². The van der Waals surface area contributed by atoms with Crippen LogP contribution in [-0.4, -0.2) is 14.9 Å². The molecule has 6 heteroatoms. The van der Waals surface area contributed by atoms with Gasteiger partial charge in [0.05, 0.1) is 0 Å². The second-order valence-electron chi connectivity index (χ2n) is 4.65. The first-order chi connectivity index (χ1) is 9.13. The second kappa shape index (κ2) is 4.55. The highest BCUT2D eigenvalue weighted by atomic mass is 32.1. The van der Waals surface area contributed by atoms with Gasteiger partial charge in [0.25, 0.3) is 5.56 Å². The number of nitrogens with zero attached hydrogens (tertiary/aromatic N) is 1. The van der Waals surface area contributed by atoms with E-state index >= 15 is 0 Å². The monoisotopic (exact) mass is 274 g/mol. The molecule has 1 aromatic carbocycles. The molecule has 0 aliphatic heterocycles. The van der Waals surface area contributed by atoms with Crippen molar-refractivity contribution in [2.24, 2.45) is 0 Å². The predicted octanol–water partition coefficient (Wildman–Crippen LogP) is 1.49. The molecule has 19 heavy (non-hydrogen) atoms. The summed E-state index contributed by atoms with van der Waals surface area (Å²) in [5.41, 5.74) is 8.90. The van der Waals surface area contributed by atoms with Gasteiger partial charge in [0, 0.05) is 11.8 Å². The number of nitrogen functional groups attached to an aromatic ring is 1. The summed E-state index contributed by atoms with van der Waals surface area (Å²) in [5, 5.41) is 6.04. The third kappa shape index (κ3) is 2.26. The van der Waals surface area contributed by atoms with E-state index in [1.165, 1.54) is 28.3 Å². The first-order valence-corrected chi connectivity index (χ1v) is 6.55. The molecule has 5 nitrogen and oxygen atoms in total. The van der Waals surface area contributed by atoms with Crippen LogP contribution in [0.2, 0.25) is 0 Å². The Balaban J connectivity index is 1.83. The molecule has 0 bridgehead atoms. The first-order valence-electron chi connectivity index (χ1n) is 6.14. The molecule has 1 aliphatic rings. The number of fused-ring (bicyclic) bond motifs is 1.